The Bertz CT molecular complexity index is 1170. The first-order valence-electron chi connectivity index (χ1n) is 7.44. The molecule has 6 nitrogen and oxygen atoms in total. The first-order valence-corrected chi connectivity index (χ1v) is 8.26. The number of aromatic nitrogens is 1. The zero-order valence-corrected chi connectivity index (χ0v) is 13.7. The second-order valence-electron chi connectivity index (χ2n) is 5.25. The van der Waals surface area contributed by atoms with Crippen molar-refractivity contribution in [2.75, 3.05) is 0 Å². The van der Waals surface area contributed by atoms with Gasteiger partial charge in [-0.15, -0.1) is 0 Å². The highest BCUT2D eigenvalue weighted by molar-refractivity contribution is 7.16. The third-order valence-corrected chi connectivity index (χ3v) is 4.41. The predicted molar refractivity (Wildman–Crippen MR) is 96.0 cm³/mol. The molecule has 25 heavy (non-hydrogen) atoms. The molecule has 3 aromatic rings. The van der Waals surface area contributed by atoms with Crippen LogP contribution in [0.4, 0.5) is 5.13 Å². The molecule has 0 fully saturated rings. The lowest BCUT2D eigenvalue weighted by Crippen LogP contribution is -2.19. The molecular weight excluding hydrogens is 336 g/mol. The predicted octanol–water partition coefficient (Wildman–Crippen LogP) is 0.914. The summed E-state index contributed by atoms with van der Waals surface area (Å²) < 4.78 is 0. The van der Waals surface area contributed by atoms with Gasteiger partial charge in [0.2, 0.25) is 11.0 Å². The molecular formula is C18H12N4O2S. The van der Waals surface area contributed by atoms with Crippen LogP contribution in [0.25, 0.3) is 12.3 Å². The van der Waals surface area contributed by atoms with Crippen molar-refractivity contribution in [3.05, 3.63) is 74.6 Å². The molecule has 2 aromatic carbocycles. The normalized spacial score (nSPS) is 12.1. The third kappa shape index (κ3) is 3.17. The summed E-state index contributed by atoms with van der Waals surface area (Å²) in [6.45, 7) is 0. The molecule has 0 saturated heterocycles. The van der Waals surface area contributed by atoms with Crippen LogP contribution in [-0.4, -0.2) is 21.2 Å². The van der Waals surface area contributed by atoms with E-state index in [2.05, 4.69) is 20.0 Å². The van der Waals surface area contributed by atoms with Crippen molar-refractivity contribution in [2.45, 2.75) is 0 Å². The molecule has 0 radical (unpaired) electrons. The smallest absolute Gasteiger partial charge is 0.253 e. The molecule has 1 aromatic heterocycles. The number of para-hydroxylation sites is 2. The highest BCUT2D eigenvalue weighted by Gasteiger charge is 2.09. The van der Waals surface area contributed by atoms with Gasteiger partial charge in [0.1, 0.15) is 0 Å². The summed E-state index contributed by atoms with van der Waals surface area (Å²) in [5, 5.41) is 22.5. The van der Waals surface area contributed by atoms with Gasteiger partial charge in [-0.3, -0.25) is 0 Å². The number of thiazole rings is 1. The van der Waals surface area contributed by atoms with E-state index in [0.717, 1.165) is 22.2 Å². The summed E-state index contributed by atoms with van der Waals surface area (Å²) in [6.07, 6.45) is 2.84. The maximum absolute atomic E-state index is 10.0. The molecule has 1 aliphatic rings. The van der Waals surface area contributed by atoms with E-state index >= 15 is 0 Å². The van der Waals surface area contributed by atoms with Crippen LogP contribution in [0.1, 0.15) is 4.88 Å². The molecule has 0 spiro atoms. The highest BCUT2D eigenvalue weighted by atomic mass is 32.1. The van der Waals surface area contributed by atoms with Crippen LogP contribution in [0, 0.1) is 0 Å². The molecule has 0 aliphatic carbocycles. The van der Waals surface area contributed by atoms with Crippen LogP contribution in [-0.2, 0) is 0 Å². The molecule has 0 amide bonds. The fourth-order valence-electron chi connectivity index (χ4n) is 2.31. The Balaban J connectivity index is 1.69. The Morgan fingerprint density at radius 2 is 1.56 bits per heavy atom. The average Bonchev–Trinajstić information content (AvgIpc) is 3.18. The summed E-state index contributed by atoms with van der Waals surface area (Å²) in [5.74, 6) is 0.238. The second-order valence-corrected chi connectivity index (χ2v) is 6.26. The van der Waals surface area contributed by atoms with Crippen molar-refractivity contribution in [3.63, 3.8) is 0 Å². The van der Waals surface area contributed by atoms with Crippen molar-refractivity contribution in [2.24, 2.45) is 15.0 Å². The lowest BCUT2D eigenvalue weighted by Gasteiger charge is -1.88. The first-order chi connectivity index (χ1) is 12.2. The molecule has 2 heterocycles. The van der Waals surface area contributed by atoms with Gasteiger partial charge in [0.25, 0.3) is 5.96 Å². The topological polar surface area (TPSA) is 90.4 Å². The van der Waals surface area contributed by atoms with E-state index in [9.17, 15) is 5.11 Å². The van der Waals surface area contributed by atoms with E-state index in [-0.39, 0.29) is 5.88 Å². The van der Waals surface area contributed by atoms with Crippen LogP contribution in [0.3, 0.4) is 0 Å². The quantitative estimate of drug-likeness (QED) is 0.721. The number of aromatic hydroxyl groups is 1. The molecule has 0 saturated carbocycles. The number of aliphatic hydroxyl groups is 1. The lowest BCUT2D eigenvalue weighted by molar-refractivity contribution is 0.456. The van der Waals surface area contributed by atoms with Gasteiger partial charge in [-0.2, -0.15) is 9.98 Å². The van der Waals surface area contributed by atoms with Gasteiger partial charge in [0.05, 0.1) is 21.9 Å². The Hall–Kier alpha value is -3.32. The summed E-state index contributed by atoms with van der Waals surface area (Å²) in [5.41, 5.74) is 0. The number of aliphatic imine (C=N–C) groups is 1. The van der Waals surface area contributed by atoms with Crippen molar-refractivity contribution in [1.82, 2.24) is 4.98 Å². The SMILES string of the molecule is OC=c1ccc(=Cc2sc(N=C3N=c4ccccc4=N3)nc2O)cc1. The van der Waals surface area contributed by atoms with Gasteiger partial charge < -0.3 is 10.2 Å². The average molecular weight is 348 g/mol. The lowest BCUT2D eigenvalue weighted by atomic mass is 10.2. The first kappa shape index (κ1) is 15.2. The maximum Gasteiger partial charge on any atom is 0.253 e. The van der Waals surface area contributed by atoms with Gasteiger partial charge in [0.15, 0.2) is 0 Å². The fraction of sp³-hybridized carbons (Fsp3) is 0. The van der Waals surface area contributed by atoms with Crippen molar-refractivity contribution < 1.29 is 10.2 Å². The van der Waals surface area contributed by atoms with Gasteiger partial charge in [-0.25, -0.2) is 9.98 Å². The minimum Gasteiger partial charge on any atom is -0.515 e. The second kappa shape index (κ2) is 6.29. The van der Waals surface area contributed by atoms with Gasteiger partial charge in [0, 0.05) is 5.22 Å². The number of rotatable bonds is 2. The molecule has 0 bridgehead atoms. The minimum atomic E-state index is -0.0855. The van der Waals surface area contributed by atoms with Crippen LogP contribution in [0.2, 0.25) is 0 Å². The third-order valence-electron chi connectivity index (χ3n) is 3.52. The van der Waals surface area contributed by atoms with Gasteiger partial charge >= 0.3 is 0 Å². The van der Waals surface area contributed by atoms with Crippen molar-refractivity contribution in [1.29, 1.82) is 0 Å². The van der Waals surface area contributed by atoms with Crippen LogP contribution < -0.4 is 21.2 Å². The molecule has 122 valence electrons. The Kier molecular flexibility index (Phi) is 3.83. The zero-order chi connectivity index (χ0) is 17.2. The van der Waals surface area contributed by atoms with E-state index in [0.29, 0.717) is 21.2 Å². The van der Waals surface area contributed by atoms with E-state index in [1.807, 2.05) is 36.4 Å². The van der Waals surface area contributed by atoms with Crippen LogP contribution in [0.15, 0.2) is 63.5 Å². The summed E-state index contributed by atoms with van der Waals surface area (Å²) in [7, 11) is 0. The summed E-state index contributed by atoms with van der Waals surface area (Å²) in [6, 6.07) is 14.7. The Morgan fingerprint density at radius 3 is 2.20 bits per heavy atom. The highest BCUT2D eigenvalue weighted by Crippen LogP contribution is 2.30. The molecule has 7 heteroatoms. The number of benzene rings is 2. The molecule has 2 N–H and O–H groups in total. The van der Waals surface area contributed by atoms with Crippen molar-refractivity contribution >= 4 is 34.8 Å². The Morgan fingerprint density at radius 1 is 0.920 bits per heavy atom. The van der Waals surface area contributed by atoms with Crippen molar-refractivity contribution in [3.8, 4) is 5.88 Å². The number of hydrogen-bond acceptors (Lipinski definition) is 5. The summed E-state index contributed by atoms with van der Waals surface area (Å²) >= 11 is 1.25. The van der Waals surface area contributed by atoms with Crippen LogP contribution >= 0.6 is 11.3 Å². The minimum absolute atomic E-state index is 0.0855. The standard InChI is InChI=1S/C18H12N4O2S/c23-10-12-7-5-11(6-8-12)9-15-16(24)21-18(25-15)22-17-19-13-3-1-2-4-14(13)20-17/h1-10,23-24H. The zero-order valence-electron chi connectivity index (χ0n) is 12.9. The van der Waals surface area contributed by atoms with E-state index in [4.69, 9.17) is 5.11 Å². The van der Waals surface area contributed by atoms with Gasteiger partial charge in [-0.05, 0) is 23.4 Å². The van der Waals surface area contributed by atoms with E-state index in [1.165, 1.54) is 11.3 Å². The molecule has 0 atom stereocenters. The van der Waals surface area contributed by atoms with E-state index in [1.54, 1.807) is 18.2 Å². The summed E-state index contributed by atoms with van der Waals surface area (Å²) in [4.78, 5) is 17.6. The fourth-order valence-corrected chi connectivity index (χ4v) is 3.10. The maximum atomic E-state index is 10.0. The number of hydrogen-bond donors (Lipinski definition) is 2. The van der Waals surface area contributed by atoms with Gasteiger partial charge in [-0.1, -0.05) is 47.7 Å². The number of fused-ring (bicyclic) bond motifs is 1. The molecule has 0 unspecified atom stereocenters. The van der Waals surface area contributed by atoms with Crippen LogP contribution in [0.5, 0.6) is 5.88 Å². The molecule has 4 rings (SSSR count). The number of guanidine groups is 1. The number of nitrogens with zero attached hydrogens (tertiary/aromatic N) is 4. The number of aliphatic hydroxyl groups excluding tert-OH is 1. The largest absolute Gasteiger partial charge is 0.515 e. The monoisotopic (exact) mass is 348 g/mol. The molecule has 1 aliphatic heterocycles. The Labute approximate surface area is 145 Å². The van der Waals surface area contributed by atoms with E-state index < -0.39 is 0 Å².